The molecule has 1 aliphatic heterocycles. The van der Waals surface area contributed by atoms with Crippen LogP contribution in [0.1, 0.15) is 22.5 Å². The molecule has 0 saturated carbocycles. The second-order valence-corrected chi connectivity index (χ2v) is 4.40. The van der Waals surface area contributed by atoms with Crippen LogP contribution in [-0.4, -0.2) is 40.1 Å². The summed E-state index contributed by atoms with van der Waals surface area (Å²) in [4.78, 5) is 17.7. The molecule has 0 radical (unpaired) electrons. The summed E-state index contributed by atoms with van der Waals surface area (Å²) in [7, 11) is 0. The molecule has 0 aliphatic carbocycles. The summed E-state index contributed by atoms with van der Waals surface area (Å²) in [5, 5.41) is 9.69. The van der Waals surface area contributed by atoms with E-state index in [1.54, 1.807) is 24.0 Å². The first-order valence-corrected chi connectivity index (χ1v) is 5.55. The lowest BCUT2D eigenvalue weighted by molar-refractivity contribution is 0.0765. The Morgan fingerprint density at radius 3 is 2.94 bits per heavy atom. The number of rotatable bonds is 1. The SMILES string of the molecule is Cc1cc(C(=O)N2CCC(O)C2)cc(Cl)n1. The molecule has 1 N–H and O–H groups in total. The van der Waals surface area contributed by atoms with Gasteiger partial charge in [0.05, 0.1) is 6.10 Å². The number of carbonyl (C=O) groups excluding carboxylic acids is 1. The molecule has 1 aliphatic rings. The van der Waals surface area contributed by atoms with Crippen molar-refractivity contribution in [2.75, 3.05) is 13.1 Å². The van der Waals surface area contributed by atoms with Crippen LogP contribution in [0.15, 0.2) is 12.1 Å². The van der Waals surface area contributed by atoms with Crippen LogP contribution >= 0.6 is 11.6 Å². The van der Waals surface area contributed by atoms with Gasteiger partial charge in [0.15, 0.2) is 0 Å². The number of hydrogen-bond acceptors (Lipinski definition) is 3. The number of aliphatic hydroxyl groups excluding tert-OH is 1. The van der Waals surface area contributed by atoms with Gasteiger partial charge in [0.25, 0.3) is 5.91 Å². The molecule has 2 rings (SSSR count). The molecular formula is C11H13ClN2O2. The van der Waals surface area contributed by atoms with Gasteiger partial charge in [-0.1, -0.05) is 11.6 Å². The molecule has 5 heteroatoms. The number of pyridine rings is 1. The minimum atomic E-state index is -0.401. The van der Waals surface area contributed by atoms with Crippen molar-refractivity contribution >= 4 is 17.5 Å². The standard InChI is InChI=1S/C11H13ClN2O2/c1-7-4-8(5-10(12)13-7)11(16)14-3-2-9(15)6-14/h4-5,9,15H,2-3,6H2,1H3. The second-order valence-electron chi connectivity index (χ2n) is 4.01. The maximum atomic E-state index is 12.0. The quantitative estimate of drug-likeness (QED) is 0.752. The Morgan fingerprint density at radius 2 is 2.38 bits per heavy atom. The monoisotopic (exact) mass is 240 g/mol. The number of likely N-dealkylation sites (tertiary alicyclic amines) is 1. The van der Waals surface area contributed by atoms with E-state index >= 15 is 0 Å². The van der Waals surface area contributed by atoms with E-state index in [1.165, 1.54) is 0 Å². The molecule has 1 aromatic heterocycles. The van der Waals surface area contributed by atoms with Crippen molar-refractivity contribution in [1.29, 1.82) is 0 Å². The second kappa shape index (κ2) is 4.39. The molecule has 1 fully saturated rings. The van der Waals surface area contributed by atoms with Gasteiger partial charge < -0.3 is 10.0 Å². The summed E-state index contributed by atoms with van der Waals surface area (Å²) in [6.45, 7) is 2.79. The molecule has 1 amide bonds. The predicted molar refractivity (Wildman–Crippen MR) is 60.5 cm³/mol. The maximum Gasteiger partial charge on any atom is 0.254 e. The Labute approximate surface area is 98.9 Å². The van der Waals surface area contributed by atoms with Crippen LogP contribution in [-0.2, 0) is 0 Å². The van der Waals surface area contributed by atoms with Crippen LogP contribution in [0.25, 0.3) is 0 Å². The summed E-state index contributed by atoms with van der Waals surface area (Å²) < 4.78 is 0. The topological polar surface area (TPSA) is 53.4 Å². The number of hydrogen-bond donors (Lipinski definition) is 1. The van der Waals surface area contributed by atoms with Gasteiger partial charge in [-0.15, -0.1) is 0 Å². The molecular weight excluding hydrogens is 228 g/mol. The van der Waals surface area contributed by atoms with E-state index in [2.05, 4.69) is 4.98 Å². The van der Waals surface area contributed by atoms with Crippen LogP contribution in [0.5, 0.6) is 0 Å². The molecule has 1 unspecified atom stereocenters. The highest BCUT2D eigenvalue weighted by atomic mass is 35.5. The molecule has 1 atom stereocenters. The van der Waals surface area contributed by atoms with Gasteiger partial charge in [-0.3, -0.25) is 4.79 Å². The van der Waals surface area contributed by atoms with Crippen LogP contribution in [0.2, 0.25) is 5.15 Å². The number of aromatic nitrogens is 1. The van der Waals surface area contributed by atoms with E-state index in [1.807, 2.05) is 0 Å². The smallest absolute Gasteiger partial charge is 0.254 e. The van der Waals surface area contributed by atoms with Crippen molar-refractivity contribution < 1.29 is 9.90 Å². The molecule has 1 aromatic rings. The molecule has 4 nitrogen and oxygen atoms in total. The van der Waals surface area contributed by atoms with E-state index < -0.39 is 6.10 Å². The number of halogens is 1. The zero-order chi connectivity index (χ0) is 11.7. The van der Waals surface area contributed by atoms with E-state index in [0.717, 1.165) is 5.69 Å². The Balaban J connectivity index is 2.20. The first kappa shape index (κ1) is 11.4. The van der Waals surface area contributed by atoms with Crippen molar-refractivity contribution in [3.8, 4) is 0 Å². The van der Waals surface area contributed by atoms with E-state index in [-0.39, 0.29) is 5.91 Å². The Kier molecular flexibility index (Phi) is 3.12. The summed E-state index contributed by atoms with van der Waals surface area (Å²) in [5.74, 6) is -0.0936. The van der Waals surface area contributed by atoms with Crippen molar-refractivity contribution in [2.24, 2.45) is 0 Å². The summed E-state index contributed by atoms with van der Waals surface area (Å²) in [6, 6.07) is 3.26. The molecule has 0 aromatic carbocycles. The van der Waals surface area contributed by atoms with Gasteiger partial charge >= 0.3 is 0 Å². The number of β-amino-alcohol motifs (C(OH)–C–C–N with tert-alkyl or cyclic N) is 1. The Bertz CT molecular complexity index is 402. The predicted octanol–water partition coefficient (Wildman–Crippen LogP) is 1.25. The van der Waals surface area contributed by atoms with Crippen molar-refractivity contribution in [3.05, 3.63) is 28.5 Å². The molecule has 16 heavy (non-hydrogen) atoms. The van der Waals surface area contributed by atoms with Crippen LogP contribution in [0.4, 0.5) is 0 Å². The fourth-order valence-corrected chi connectivity index (χ4v) is 2.11. The van der Waals surface area contributed by atoms with Crippen molar-refractivity contribution in [1.82, 2.24) is 9.88 Å². The van der Waals surface area contributed by atoms with Gasteiger partial charge in [0, 0.05) is 24.3 Å². The fourth-order valence-electron chi connectivity index (χ4n) is 1.86. The first-order chi connectivity index (χ1) is 7.56. The number of carbonyl (C=O) groups is 1. The van der Waals surface area contributed by atoms with Crippen molar-refractivity contribution in [2.45, 2.75) is 19.4 Å². The lowest BCUT2D eigenvalue weighted by atomic mass is 10.2. The van der Waals surface area contributed by atoms with Gasteiger partial charge in [0.1, 0.15) is 5.15 Å². The fraction of sp³-hybridized carbons (Fsp3) is 0.455. The van der Waals surface area contributed by atoms with Gasteiger partial charge in [-0.2, -0.15) is 0 Å². The summed E-state index contributed by atoms with van der Waals surface area (Å²) in [5.41, 5.74) is 1.25. The van der Waals surface area contributed by atoms with Crippen LogP contribution < -0.4 is 0 Å². The highest BCUT2D eigenvalue weighted by Crippen LogP contribution is 2.16. The number of amides is 1. The van der Waals surface area contributed by atoms with Gasteiger partial charge in [0.2, 0.25) is 0 Å². The van der Waals surface area contributed by atoms with Gasteiger partial charge in [-0.05, 0) is 25.5 Å². The third kappa shape index (κ3) is 2.33. The van der Waals surface area contributed by atoms with Crippen LogP contribution in [0.3, 0.4) is 0 Å². The van der Waals surface area contributed by atoms with Gasteiger partial charge in [-0.25, -0.2) is 4.98 Å². The van der Waals surface area contributed by atoms with Crippen LogP contribution in [0, 0.1) is 6.92 Å². The normalized spacial score (nSPS) is 20.2. The minimum Gasteiger partial charge on any atom is -0.391 e. The zero-order valence-electron chi connectivity index (χ0n) is 8.98. The Hall–Kier alpha value is -1.13. The molecule has 0 spiro atoms. The van der Waals surface area contributed by atoms with Crippen molar-refractivity contribution in [3.63, 3.8) is 0 Å². The molecule has 0 bridgehead atoms. The minimum absolute atomic E-state index is 0.0936. The number of nitrogens with zero attached hydrogens (tertiary/aromatic N) is 2. The molecule has 86 valence electrons. The van der Waals surface area contributed by atoms with E-state index in [4.69, 9.17) is 11.6 Å². The molecule has 2 heterocycles. The third-order valence-electron chi connectivity index (χ3n) is 2.62. The highest BCUT2D eigenvalue weighted by molar-refractivity contribution is 6.29. The summed E-state index contributed by atoms with van der Waals surface area (Å²) in [6.07, 6.45) is 0.242. The largest absolute Gasteiger partial charge is 0.391 e. The lowest BCUT2D eigenvalue weighted by Gasteiger charge is -2.15. The lowest BCUT2D eigenvalue weighted by Crippen LogP contribution is -2.29. The number of aryl methyl sites for hydroxylation is 1. The maximum absolute atomic E-state index is 12.0. The third-order valence-corrected chi connectivity index (χ3v) is 2.81. The number of aliphatic hydroxyl groups is 1. The average molecular weight is 241 g/mol. The highest BCUT2D eigenvalue weighted by Gasteiger charge is 2.25. The Morgan fingerprint density at radius 1 is 1.62 bits per heavy atom. The van der Waals surface area contributed by atoms with E-state index in [0.29, 0.717) is 30.2 Å². The summed E-state index contributed by atoms with van der Waals surface area (Å²) >= 11 is 5.80. The average Bonchev–Trinajstić information content (AvgIpc) is 2.62. The zero-order valence-corrected chi connectivity index (χ0v) is 9.74. The molecule has 1 saturated heterocycles. The van der Waals surface area contributed by atoms with E-state index in [9.17, 15) is 9.90 Å². The first-order valence-electron chi connectivity index (χ1n) is 5.18.